The van der Waals surface area contributed by atoms with E-state index in [9.17, 15) is 0 Å². The summed E-state index contributed by atoms with van der Waals surface area (Å²) in [5.41, 5.74) is 1.23. The molecule has 4 nitrogen and oxygen atoms in total. The molecular weight excluding hydrogens is 274 g/mol. The van der Waals surface area contributed by atoms with E-state index in [0.717, 1.165) is 24.7 Å². The van der Waals surface area contributed by atoms with Crippen LogP contribution >= 0.6 is 0 Å². The molecule has 2 aromatic carbocycles. The Labute approximate surface area is 132 Å². The molecule has 0 aliphatic carbocycles. The van der Waals surface area contributed by atoms with E-state index in [1.54, 1.807) is 14.2 Å². The molecule has 118 valence electrons. The number of methoxy groups -OCH3 is 1. The van der Waals surface area contributed by atoms with E-state index in [4.69, 9.17) is 4.74 Å². The van der Waals surface area contributed by atoms with Gasteiger partial charge in [-0.3, -0.25) is 4.99 Å². The number of hydrogen-bond donors (Lipinski definition) is 2. The van der Waals surface area contributed by atoms with Crippen molar-refractivity contribution in [3.8, 4) is 5.75 Å². The van der Waals surface area contributed by atoms with Crippen molar-refractivity contribution in [2.24, 2.45) is 4.99 Å². The number of fused-ring (bicyclic) bond motifs is 1. The van der Waals surface area contributed by atoms with Crippen LogP contribution in [0.25, 0.3) is 10.8 Å². The van der Waals surface area contributed by atoms with Crippen LogP contribution in [0, 0.1) is 0 Å². The maximum atomic E-state index is 5.26. The lowest BCUT2D eigenvalue weighted by Crippen LogP contribution is -2.41. The van der Waals surface area contributed by atoms with Gasteiger partial charge in [0, 0.05) is 19.6 Å². The van der Waals surface area contributed by atoms with Gasteiger partial charge in [0.2, 0.25) is 0 Å². The fraction of sp³-hybridized carbons (Fsp3) is 0.389. The van der Waals surface area contributed by atoms with E-state index in [1.165, 1.54) is 16.3 Å². The van der Waals surface area contributed by atoms with Gasteiger partial charge in [0.15, 0.2) is 5.96 Å². The molecule has 0 heterocycles. The first-order chi connectivity index (χ1) is 10.7. The van der Waals surface area contributed by atoms with E-state index in [1.807, 2.05) is 6.07 Å². The van der Waals surface area contributed by atoms with E-state index >= 15 is 0 Å². The van der Waals surface area contributed by atoms with Crippen LogP contribution in [0.4, 0.5) is 0 Å². The van der Waals surface area contributed by atoms with Gasteiger partial charge in [0.25, 0.3) is 0 Å². The summed E-state index contributed by atoms with van der Waals surface area (Å²) in [6, 6.07) is 13.0. The highest BCUT2D eigenvalue weighted by Gasteiger charge is 2.03. The zero-order valence-corrected chi connectivity index (χ0v) is 13.8. The predicted molar refractivity (Wildman–Crippen MR) is 93.6 cm³/mol. The first-order valence-electron chi connectivity index (χ1n) is 7.70. The summed E-state index contributed by atoms with van der Waals surface area (Å²) in [6.45, 7) is 5.05. The summed E-state index contributed by atoms with van der Waals surface area (Å²) in [6.07, 6.45) is 1.07. The minimum atomic E-state index is 0.412. The summed E-state index contributed by atoms with van der Waals surface area (Å²) in [7, 11) is 3.49. The highest BCUT2D eigenvalue weighted by atomic mass is 16.5. The molecule has 0 amide bonds. The van der Waals surface area contributed by atoms with E-state index in [2.05, 4.69) is 59.8 Å². The van der Waals surface area contributed by atoms with Gasteiger partial charge in [0.05, 0.1) is 7.11 Å². The van der Waals surface area contributed by atoms with E-state index in [-0.39, 0.29) is 0 Å². The van der Waals surface area contributed by atoms with Crippen LogP contribution in [0.5, 0.6) is 5.75 Å². The lowest BCUT2D eigenvalue weighted by Gasteiger charge is -2.16. The molecule has 0 spiro atoms. The maximum absolute atomic E-state index is 5.26. The first kappa shape index (κ1) is 16.1. The third-order valence-corrected chi connectivity index (χ3v) is 3.79. The van der Waals surface area contributed by atoms with Crippen LogP contribution in [0.3, 0.4) is 0 Å². The van der Waals surface area contributed by atoms with Crippen molar-refractivity contribution in [2.45, 2.75) is 32.9 Å². The molecule has 4 heteroatoms. The number of nitrogens with zero attached hydrogens (tertiary/aromatic N) is 1. The van der Waals surface area contributed by atoms with Gasteiger partial charge in [-0.05, 0) is 47.9 Å². The minimum Gasteiger partial charge on any atom is -0.497 e. The number of hydrogen-bond acceptors (Lipinski definition) is 2. The zero-order chi connectivity index (χ0) is 15.9. The van der Waals surface area contributed by atoms with Crippen LogP contribution in [0.15, 0.2) is 41.4 Å². The van der Waals surface area contributed by atoms with E-state index in [0.29, 0.717) is 6.04 Å². The maximum Gasteiger partial charge on any atom is 0.191 e. The van der Waals surface area contributed by atoms with Crippen molar-refractivity contribution >= 4 is 16.7 Å². The lowest BCUT2D eigenvalue weighted by atomic mass is 10.1. The van der Waals surface area contributed by atoms with Gasteiger partial charge in [-0.2, -0.15) is 0 Å². The molecule has 1 atom stereocenters. The molecule has 0 aromatic heterocycles. The Balaban J connectivity index is 2.05. The highest BCUT2D eigenvalue weighted by Crippen LogP contribution is 2.21. The SMILES string of the molecule is CCC(C)NC(=NC)NCc1ccc2cc(OC)ccc2c1. The van der Waals surface area contributed by atoms with Gasteiger partial charge in [0.1, 0.15) is 5.75 Å². The zero-order valence-electron chi connectivity index (χ0n) is 13.8. The number of rotatable bonds is 5. The van der Waals surface area contributed by atoms with Crippen LogP contribution < -0.4 is 15.4 Å². The number of aliphatic imine (C=N–C) groups is 1. The monoisotopic (exact) mass is 299 g/mol. The minimum absolute atomic E-state index is 0.412. The van der Waals surface area contributed by atoms with Crippen molar-refractivity contribution in [2.75, 3.05) is 14.2 Å². The molecule has 2 aromatic rings. The topological polar surface area (TPSA) is 45.7 Å². The molecule has 0 saturated carbocycles. The van der Waals surface area contributed by atoms with Gasteiger partial charge in [-0.1, -0.05) is 25.1 Å². The third kappa shape index (κ3) is 4.13. The van der Waals surface area contributed by atoms with Crippen LogP contribution in [-0.2, 0) is 6.54 Å². The summed E-state index contributed by atoms with van der Waals surface area (Å²) in [4.78, 5) is 4.25. The number of benzene rings is 2. The normalized spacial score (nSPS) is 13.0. The van der Waals surface area contributed by atoms with Crippen LogP contribution in [-0.4, -0.2) is 26.2 Å². The number of guanidine groups is 1. The quantitative estimate of drug-likeness (QED) is 0.657. The van der Waals surface area contributed by atoms with Crippen molar-refractivity contribution in [1.82, 2.24) is 10.6 Å². The number of nitrogens with one attached hydrogen (secondary N) is 2. The van der Waals surface area contributed by atoms with Gasteiger partial charge >= 0.3 is 0 Å². The lowest BCUT2D eigenvalue weighted by molar-refractivity contribution is 0.415. The molecule has 22 heavy (non-hydrogen) atoms. The molecule has 2 N–H and O–H groups in total. The van der Waals surface area contributed by atoms with E-state index < -0.39 is 0 Å². The fourth-order valence-electron chi connectivity index (χ4n) is 2.23. The van der Waals surface area contributed by atoms with Gasteiger partial charge in [-0.25, -0.2) is 0 Å². The van der Waals surface area contributed by atoms with Crippen molar-refractivity contribution in [3.63, 3.8) is 0 Å². The Morgan fingerprint density at radius 3 is 2.59 bits per heavy atom. The molecule has 0 saturated heterocycles. The van der Waals surface area contributed by atoms with Gasteiger partial charge < -0.3 is 15.4 Å². The largest absolute Gasteiger partial charge is 0.497 e. The Hall–Kier alpha value is -2.23. The van der Waals surface area contributed by atoms with Crippen molar-refractivity contribution < 1.29 is 4.74 Å². The Bertz CT molecular complexity index is 652. The molecule has 0 aliphatic heterocycles. The summed E-state index contributed by atoms with van der Waals surface area (Å²) in [5, 5.41) is 9.11. The molecule has 0 aliphatic rings. The molecule has 2 rings (SSSR count). The Morgan fingerprint density at radius 1 is 1.18 bits per heavy atom. The standard InChI is InChI=1S/C18H25N3O/c1-5-13(2)21-18(19-3)20-12-14-6-7-16-11-17(22-4)9-8-15(16)10-14/h6-11,13H,5,12H2,1-4H3,(H2,19,20,21). The Morgan fingerprint density at radius 2 is 1.91 bits per heavy atom. The van der Waals surface area contributed by atoms with Crippen LogP contribution in [0.1, 0.15) is 25.8 Å². The molecule has 0 fully saturated rings. The summed E-state index contributed by atoms with van der Waals surface area (Å²) in [5.74, 6) is 1.72. The summed E-state index contributed by atoms with van der Waals surface area (Å²) >= 11 is 0. The molecule has 1 unspecified atom stereocenters. The van der Waals surface area contributed by atoms with Gasteiger partial charge in [-0.15, -0.1) is 0 Å². The second-order valence-electron chi connectivity index (χ2n) is 5.43. The predicted octanol–water partition coefficient (Wildman–Crippen LogP) is 3.31. The smallest absolute Gasteiger partial charge is 0.191 e. The highest BCUT2D eigenvalue weighted by molar-refractivity contribution is 5.85. The Kier molecular flexibility index (Phi) is 5.64. The summed E-state index contributed by atoms with van der Waals surface area (Å²) < 4.78 is 5.26. The number of ether oxygens (including phenoxy) is 1. The molecular formula is C18H25N3O. The van der Waals surface area contributed by atoms with Crippen molar-refractivity contribution in [1.29, 1.82) is 0 Å². The second kappa shape index (κ2) is 7.69. The fourth-order valence-corrected chi connectivity index (χ4v) is 2.23. The average Bonchev–Trinajstić information content (AvgIpc) is 2.57. The first-order valence-corrected chi connectivity index (χ1v) is 7.70. The second-order valence-corrected chi connectivity index (χ2v) is 5.43. The molecule has 0 radical (unpaired) electrons. The molecule has 0 bridgehead atoms. The third-order valence-electron chi connectivity index (χ3n) is 3.79. The average molecular weight is 299 g/mol. The van der Waals surface area contributed by atoms with Crippen LogP contribution in [0.2, 0.25) is 0 Å². The van der Waals surface area contributed by atoms with Crippen molar-refractivity contribution in [3.05, 3.63) is 42.0 Å².